The van der Waals surface area contributed by atoms with Gasteiger partial charge in [0.2, 0.25) is 0 Å². The van der Waals surface area contributed by atoms with Crippen LogP contribution in [0.4, 0.5) is 0 Å². The van der Waals surface area contributed by atoms with Crippen LogP contribution < -0.4 is 0 Å². The van der Waals surface area contributed by atoms with Gasteiger partial charge in [-0.2, -0.15) is 5.10 Å². The van der Waals surface area contributed by atoms with Crippen LogP contribution in [-0.4, -0.2) is 40.9 Å². The lowest BCUT2D eigenvalue weighted by Gasteiger charge is -2.00. The Labute approximate surface area is 185 Å². The molecule has 154 valence electrons. The Morgan fingerprint density at radius 2 is 1.94 bits per heavy atom. The fourth-order valence-electron chi connectivity index (χ4n) is 3.65. The molecule has 0 amide bonds. The number of nitrogens with one attached hydrogen (secondary N) is 2. The maximum atomic E-state index is 11.7. The summed E-state index contributed by atoms with van der Waals surface area (Å²) in [6.07, 6.45) is 7.01. The van der Waals surface area contributed by atoms with Gasteiger partial charge in [-0.15, -0.1) is 11.3 Å². The van der Waals surface area contributed by atoms with Crippen LogP contribution in [-0.2, 0) is 0 Å². The van der Waals surface area contributed by atoms with Crippen molar-refractivity contribution in [2.45, 2.75) is 6.92 Å². The Morgan fingerprint density at radius 3 is 2.75 bits per heavy atom. The summed E-state index contributed by atoms with van der Waals surface area (Å²) in [5, 5.41) is 8.40. The molecule has 32 heavy (non-hydrogen) atoms. The number of rotatable bonds is 4. The minimum absolute atomic E-state index is 0.0458. The maximum absolute atomic E-state index is 11.7. The average Bonchev–Trinajstić information content (AvgIpc) is 3.56. The second kappa shape index (κ2) is 7.17. The Hall–Kier alpha value is -4.24. The van der Waals surface area contributed by atoms with E-state index in [1.54, 1.807) is 31.7 Å². The number of carbonyl (C=O) groups is 1. The van der Waals surface area contributed by atoms with Crippen molar-refractivity contribution in [3.05, 3.63) is 66.1 Å². The van der Waals surface area contributed by atoms with E-state index >= 15 is 0 Å². The van der Waals surface area contributed by atoms with Gasteiger partial charge in [-0.25, -0.2) is 4.98 Å². The molecular formula is C23H15N7OS. The van der Waals surface area contributed by atoms with E-state index in [0.717, 1.165) is 43.8 Å². The van der Waals surface area contributed by atoms with E-state index in [-0.39, 0.29) is 5.78 Å². The Bertz CT molecular complexity index is 1610. The Morgan fingerprint density at radius 1 is 1.00 bits per heavy atom. The summed E-state index contributed by atoms with van der Waals surface area (Å²) in [7, 11) is 0. The highest BCUT2D eigenvalue weighted by Crippen LogP contribution is 2.34. The lowest BCUT2D eigenvalue weighted by atomic mass is 10.1. The van der Waals surface area contributed by atoms with E-state index in [2.05, 4.69) is 30.1 Å². The third kappa shape index (κ3) is 2.98. The molecule has 0 aromatic carbocycles. The summed E-state index contributed by atoms with van der Waals surface area (Å²) in [6.45, 7) is 1.57. The normalized spacial score (nSPS) is 11.4. The fourth-order valence-corrected chi connectivity index (χ4v) is 4.56. The van der Waals surface area contributed by atoms with Crippen molar-refractivity contribution in [3.63, 3.8) is 0 Å². The first-order valence-corrected chi connectivity index (χ1v) is 10.7. The Kier molecular flexibility index (Phi) is 4.15. The number of imidazole rings is 1. The van der Waals surface area contributed by atoms with Crippen molar-refractivity contribution in [2.75, 3.05) is 0 Å². The molecule has 0 aliphatic rings. The number of fused-ring (bicyclic) bond motifs is 2. The lowest BCUT2D eigenvalue weighted by Crippen LogP contribution is -1.87. The van der Waals surface area contributed by atoms with Crippen molar-refractivity contribution in [2.24, 2.45) is 0 Å². The zero-order chi connectivity index (χ0) is 21.7. The number of H-pyrrole nitrogens is 2. The maximum Gasteiger partial charge on any atom is 0.169 e. The molecule has 9 heteroatoms. The highest BCUT2D eigenvalue weighted by Gasteiger charge is 2.17. The molecule has 0 unspecified atom stereocenters. The smallest absolute Gasteiger partial charge is 0.169 e. The van der Waals surface area contributed by atoms with Gasteiger partial charge in [-0.05, 0) is 37.3 Å². The summed E-state index contributed by atoms with van der Waals surface area (Å²) in [5.41, 5.74) is 5.50. The first-order valence-electron chi connectivity index (χ1n) is 9.88. The van der Waals surface area contributed by atoms with Crippen molar-refractivity contribution in [1.29, 1.82) is 0 Å². The zero-order valence-electron chi connectivity index (χ0n) is 16.8. The molecule has 0 atom stereocenters. The van der Waals surface area contributed by atoms with Gasteiger partial charge < -0.3 is 4.98 Å². The van der Waals surface area contributed by atoms with Crippen molar-refractivity contribution < 1.29 is 4.79 Å². The van der Waals surface area contributed by atoms with Crippen LogP contribution in [0.3, 0.4) is 0 Å². The minimum atomic E-state index is 0.0458. The molecule has 0 spiro atoms. The molecule has 6 aromatic rings. The molecule has 2 N–H and O–H groups in total. The highest BCUT2D eigenvalue weighted by molar-refractivity contribution is 7.17. The number of Topliss-reactive ketones (excluding diaryl/α,β-unsaturated/α-hetero) is 1. The lowest BCUT2D eigenvalue weighted by molar-refractivity contribution is 0.102. The first kappa shape index (κ1) is 18.5. The molecule has 8 nitrogen and oxygen atoms in total. The van der Waals surface area contributed by atoms with Gasteiger partial charge in [-0.1, -0.05) is 6.07 Å². The second-order valence-corrected chi connectivity index (χ2v) is 8.37. The molecule has 0 saturated heterocycles. The number of ketones is 1. The molecule has 6 rings (SSSR count). The van der Waals surface area contributed by atoms with Crippen LogP contribution in [0.15, 0.2) is 61.2 Å². The van der Waals surface area contributed by atoms with Crippen molar-refractivity contribution in [1.82, 2.24) is 35.1 Å². The molecule has 0 fully saturated rings. The molecular weight excluding hydrogens is 422 g/mol. The molecule has 0 aliphatic carbocycles. The number of carbonyl (C=O) groups excluding carboxylic acids is 1. The third-order valence-corrected chi connectivity index (χ3v) is 6.43. The molecule has 6 heterocycles. The number of thiophene rings is 1. The average molecular weight is 437 g/mol. The van der Waals surface area contributed by atoms with Crippen molar-refractivity contribution >= 4 is 39.1 Å². The highest BCUT2D eigenvalue weighted by atomic mass is 32.1. The van der Waals surface area contributed by atoms with E-state index in [1.807, 2.05) is 36.4 Å². The minimum Gasteiger partial charge on any atom is -0.335 e. The monoisotopic (exact) mass is 437 g/mol. The van der Waals surface area contributed by atoms with Crippen LogP contribution in [0.1, 0.15) is 16.6 Å². The van der Waals surface area contributed by atoms with Crippen LogP contribution in [0.5, 0.6) is 0 Å². The van der Waals surface area contributed by atoms with E-state index in [9.17, 15) is 4.79 Å². The van der Waals surface area contributed by atoms with Gasteiger partial charge in [0.15, 0.2) is 11.6 Å². The van der Waals surface area contributed by atoms with Gasteiger partial charge in [-0.3, -0.25) is 24.8 Å². The van der Waals surface area contributed by atoms with Gasteiger partial charge in [0.05, 0.1) is 39.7 Å². The predicted molar refractivity (Wildman–Crippen MR) is 123 cm³/mol. The van der Waals surface area contributed by atoms with E-state index in [0.29, 0.717) is 16.4 Å². The Balaban J connectivity index is 1.49. The summed E-state index contributed by atoms with van der Waals surface area (Å²) < 4.78 is 0. The predicted octanol–water partition coefficient (Wildman–Crippen LogP) is 4.89. The first-order chi connectivity index (χ1) is 15.7. The molecule has 0 aliphatic heterocycles. The van der Waals surface area contributed by atoms with E-state index in [4.69, 9.17) is 4.98 Å². The van der Waals surface area contributed by atoms with E-state index < -0.39 is 0 Å². The topological polar surface area (TPSA) is 113 Å². The third-order valence-electron chi connectivity index (χ3n) is 5.21. The van der Waals surface area contributed by atoms with E-state index in [1.165, 1.54) is 11.3 Å². The zero-order valence-corrected chi connectivity index (χ0v) is 17.6. The number of hydrogen-bond acceptors (Lipinski definition) is 7. The molecule has 6 aromatic heterocycles. The summed E-state index contributed by atoms with van der Waals surface area (Å²) in [4.78, 5) is 34.8. The van der Waals surface area contributed by atoms with Gasteiger partial charge >= 0.3 is 0 Å². The van der Waals surface area contributed by atoms with Crippen LogP contribution in [0, 0.1) is 0 Å². The SMILES string of the molecule is CC(=O)c1ccc(-c2cncc3[nH]c(-c4n[nH]c5cnc(-c6ccccn6)cc45)nc23)s1. The number of aromatic amines is 2. The van der Waals surface area contributed by atoms with Crippen LogP contribution in [0.2, 0.25) is 0 Å². The number of aromatic nitrogens is 7. The second-order valence-electron chi connectivity index (χ2n) is 7.29. The van der Waals surface area contributed by atoms with Gasteiger partial charge in [0, 0.05) is 28.2 Å². The van der Waals surface area contributed by atoms with Gasteiger partial charge in [0.25, 0.3) is 0 Å². The summed E-state index contributed by atoms with van der Waals surface area (Å²) in [5.74, 6) is 0.673. The fraction of sp³-hybridized carbons (Fsp3) is 0.0435. The summed E-state index contributed by atoms with van der Waals surface area (Å²) >= 11 is 1.44. The number of pyridine rings is 3. The molecule has 0 saturated carbocycles. The van der Waals surface area contributed by atoms with Crippen LogP contribution >= 0.6 is 11.3 Å². The van der Waals surface area contributed by atoms with Crippen LogP contribution in [0.25, 0.3) is 55.3 Å². The molecule has 0 bridgehead atoms. The largest absolute Gasteiger partial charge is 0.335 e. The van der Waals surface area contributed by atoms with Gasteiger partial charge in [0.1, 0.15) is 11.2 Å². The molecule has 0 radical (unpaired) electrons. The van der Waals surface area contributed by atoms with Crippen molar-refractivity contribution in [3.8, 4) is 33.3 Å². The standard InChI is InChI=1S/C23H15N7OS/c1-12(31)19-5-6-20(32-19)14-9-24-10-18-21(14)28-23(27-18)22-13-8-16(15-4-2-3-7-25-15)26-11-17(13)29-30-22/h2-11H,1H3,(H,27,28)(H,29,30). The number of hydrogen-bond donors (Lipinski definition) is 2. The quantitative estimate of drug-likeness (QED) is 0.380. The summed E-state index contributed by atoms with van der Waals surface area (Å²) in [6, 6.07) is 11.5. The number of nitrogens with zero attached hydrogens (tertiary/aromatic N) is 5.